The summed E-state index contributed by atoms with van der Waals surface area (Å²) >= 11 is 4.96. The van der Waals surface area contributed by atoms with Crippen LogP contribution in [0.15, 0.2) is 30.3 Å². The average molecular weight is 248 g/mol. The first-order chi connectivity index (χ1) is 8.25. The summed E-state index contributed by atoms with van der Waals surface area (Å²) in [5.41, 5.74) is 6.87. The van der Waals surface area contributed by atoms with Gasteiger partial charge in [0.1, 0.15) is 0 Å². The molecular weight excluding hydrogens is 228 g/mol. The van der Waals surface area contributed by atoms with E-state index in [1.54, 1.807) is 0 Å². The lowest BCUT2D eigenvalue weighted by atomic mass is 10.2. The van der Waals surface area contributed by atoms with E-state index in [1.165, 1.54) is 24.9 Å². The zero-order valence-electron chi connectivity index (χ0n) is 10.1. The van der Waals surface area contributed by atoms with Crippen LogP contribution in [-0.4, -0.2) is 18.1 Å². The quantitative estimate of drug-likeness (QED) is 0.752. The van der Waals surface area contributed by atoms with E-state index in [9.17, 15) is 0 Å². The van der Waals surface area contributed by atoms with Crippen molar-refractivity contribution in [2.24, 2.45) is 11.7 Å². The largest absolute Gasteiger partial charge is 0.393 e. The standard InChI is InChI=1S/C14H20N2S/c15-14(17)9-11-16(10-8-12-6-7-12)13-4-2-1-3-5-13/h1-5,12H,6-11H2,(H2,15,17). The molecule has 2 N–H and O–H groups in total. The van der Waals surface area contributed by atoms with Crippen LogP contribution in [0.4, 0.5) is 5.69 Å². The highest BCUT2D eigenvalue weighted by Crippen LogP contribution is 2.32. The molecule has 2 rings (SSSR count). The number of thiocarbonyl (C=S) groups is 1. The van der Waals surface area contributed by atoms with Gasteiger partial charge in [-0.1, -0.05) is 43.3 Å². The van der Waals surface area contributed by atoms with Crippen molar-refractivity contribution in [2.45, 2.75) is 25.7 Å². The second-order valence-electron chi connectivity index (χ2n) is 4.77. The average Bonchev–Trinajstić information content (AvgIpc) is 3.14. The van der Waals surface area contributed by atoms with E-state index in [-0.39, 0.29) is 0 Å². The zero-order chi connectivity index (χ0) is 12.1. The molecule has 0 atom stereocenters. The summed E-state index contributed by atoms with van der Waals surface area (Å²) in [4.78, 5) is 3.01. The van der Waals surface area contributed by atoms with E-state index in [1.807, 2.05) is 0 Å². The SMILES string of the molecule is NC(=S)CCN(CCC1CC1)c1ccccc1. The monoisotopic (exact) mass is 248 g/mol. The first-order valence-electron chi connectivity index (χ1n) is 6.34. The normalized spacial score (nSPS) is 14.6. The molecule has 1 aliphatic carbocycles. The Morgan fingerprint density at radius 2 is 1.94 bits per heavy atom. The molecule has 1 aromatic carbocycles. The summed E-state index contributed by atoms with van der Waals surface area (Å²) in [6.07, 6.45) is 4.93. The fourth-order valence-corrected chi connectivity index (χ4v) is 2.09. The molecule has 0 amide bonds. The number of rotatable bonds is 7. The summed E-state index contributed by atoms with van der Waals surface area (Å²) < 4.78 is 0. The van der Waals surface area contributed by atoms with Crippen LogP contribution in [-0.2, 0) is 0 Å². The fraction of sp³-hybridized carbons (Fsp3) is 0.500. The van der Waals surface area contributed by atoms with Gasteiger partial charge >= 0.3 is 0 Å². The maximum absolute atomic E-state index is 5.59. The minimum atomic E-state index is 0.609. The van der Waals surface area contributed by atoms with Crippen molar-refractivity contribution >= 4 is 22.9 Å². The lowest BCUT2D eigenvalue weighted by Gasteiger charge is -2.24. The van der Waals surface area contributed by atoms with Gasteiger partial charge in [0, 0.05) is 25.2 Å². The Morgan fingerprint density at radius 3 is 2.53 bits per heavy atom. The number of anilines is 1. The predicted molar refractivity (Wildman–Crippen MR) is 77.4 cm³/mol. The van der Waals surface area contributed by atoms with Crippen molar-refractivity contribution in [3.8, 4) is 0 Å². The lowest BCUT2D eigenvalue weighted by Crippen LogP contribution is -2.28. The van der Waals surface area contributed by atoms with E-state index in [0.717, 1.165) is 25.4 Å². The van der Waals surface area contributed by atoms with Crippen LogP contribution in [0.1, 0.15) is 25.7 Å². The first kappa shape index (κ1) is 12.4. The Hall–Kier alpha value is -1.09. The molecular formula is C14H20N2S. The topological polar surface area (TPSA) is 29.3 Å². The predicted octanol–water partition coefficient (Wildman–Crippen LogP) is 2.97. The number of nitrogens with zero attached hydrogens (tertiary/aromatic N) is 1. The van der Waals surface area contributed by atoms with Gasteiger partial charge in [0.25, 0.3) is 0 Å². The number of nitrogens with two attached hydrogens (primary N) is 1. The third kappa shape index (κ3) is 4.35. The van der Waals surface area contributed by atoms with Gasteiger partial charge in [0.15, 0.2) is 0 Å². The third-order valence-electron chi connectivity index (χ3n) is 3.25. The molecule has 0 unspecified atom stereocenters. The molecule has 0 heterocycles. The van der Waals surface area contributed by atoms with E-state index >= 15 is 0 Å². The summed E-state index contributed by atoms with van der Waals surface area (Å²) in [5.74, 6) is 0.964. The molecule has 0 bridgehead atoms. The molecule has 0 aliphatic heterocycles. The molecule has 1 saturated carbocycles. The van der Waals surface area contributed by atoms with Crippen molar-refractivity contribution in [3.63, 3.8) is 0 Å². The molecule has 92 valence electrons. The van der Waals surface area contributed by atoms with Gasteiger partial charge in [-0.2, -0.15) is 0 Å². The number of hydrogen-bond donors (Lipinski definition) is 1. The maximum atomic E-state index is 5.59. The molecule has 2 nitrogen and oxygen atoms in total. The maximum Gasteiger partial charge on any atom is 0.0745 e. The summed E-state index contributed by atoms with van der Waals surface area (Å²) in [6, 6.07) is 10.5. The van der Waals surface area contributed by atoms with E-state index in [0.29, 0.717) is 4.99 Å². The molecule has 3 heteroatoms. The Labute approximate surface area is 109 Å². The highest BCUT2D eigenvalue weighted by atomic mass is 32.1. The van der Waals surface area contributed by atoms with Crippen molar-refractivity contribution in [1.82, 2.24) is 0 Å². The number of benzene rings is 1. The van der Waals surface area contributed by atoms with E-state index in [4.69, 9.17) is 18.0 Å². The van der Waals surface area contributed by atoms with Crippen LogP contribution in [0.2, 0.25) is 0 Å². The van der Waals surface area contributed by atoms with Crippen LogP contribution >= 0.6 is 12.2 Å². The second-order valence-corrected chi connectivity index (χ2v) is 5.30. The molecule has 0 spiro atoms. The first-order valence-corrected chi connectivity index (χ1v) is 6.75. The Morgan fingerprint density at radius 1 is 1.24 bits per heavy atom. The van der Waals surface area contributed by atoms with Crippen LogP contribution < -0.4 is 10.6 Å². The van der Waals surface area contributed by atoms with Crippen LogP contribution in [0, 0.1) is 5.92 Å². The smallest absolute Gasteiger partial charge is 0.0745 e. The highest BCUT2D eigenvalue weighted by molar-refractivity contribution is 7.80. The Balaban J connectivity index is 1.92. The Bertz CT molecular complexity index is 360. The van der Waals surface area contributed by atoms with Crippen molar-refractivity contribution in [3.05, 3.63) is 30.3 Å². The van der Waals surface area contributed by atoms with Crippen molar-refractivity contribution < 1.29 is 0 Å². The molecule has 17 heavy (non-hydrogen) atoms. The van der Waals surface area contributed by atoms with Gasteiger partial charge < -0.3 is 10.6 Å². The molecule has 1 fully saturated rings. The van der Waals surface area contributed by atoms with Crippen LogP contribution in [0.25, 0.3) is 0 Å². The minimum absolute atomic E-state index is 0.609. The Kier molecular flexibility index (Phi) is 4.37. The summed E-state index contributed by atoms with van der Waals surface area (Å²) in [7, 11) is 0. The molecule has 1 aliphatic rings. The molecule has 0 aromatic heterocycles. The van der Waals surface area contributed by atoms with E-state index in [2.05, 4.69) is 35.2 Å². The van der Waals surface area contributed by atoms with Gasteiger partial charge in [-0.05, 0) is 24.5 Å². The zero-order valence-corrected chi connectivity index (χ0v) is 11.0. The minimum Gasteiger partial charge on any atom is -0.393 e. The van der Waals surface area contributed by atoms with Gasteiger partial charge in [-0.15, -0.1) is 0 Å². The fourth-order valence-electron chi connectivity index (χ4n) is 2.00. The number of para-hydroxylation sites is 1. The number of hydrogen-bond acceptors (Lipinski definition) is 2. The molecule has 0 saturated heterocycles. The van der Waals surface area contributed by atoms with Gasteiger partial charge in [0.2, 0.25) is 0 Å². The van der Waals surface area contributed by atoms with Crippen molar-refractivity contribution in [1.29, 1.82) is 0 Å². The van der Waals surface area contributed by atoms with E-state index < -0.39 is 0 Å². The van der Waals surface area contributed by atoms with Crippen LogP contribution in [0.3, 0.4) is 0 Å². The second kappa shape index (κ2) is 6.01. The molecule has 1 aromatic rings. The van der Waals surface area contributed by atoms with Crippen LogP contribution in [0.5, 0.6) is 0 Å². The van der Waals surface area contributed by atoms with Crippen molar-refractivity contribution in [2.75, 3.05) is 18.0 Å². The van der Waals surface area contributed by atoms with Gasteiger partial charge in [-0.3, -0.25) is 0 Å². The summed E-state index contributed by atoms with van der Waals surface area (Å²) in [5, 5.41) is 0. The van der Waals surface area contributed by atoms with Gasteiger partial charge in [0.05, 0.1) is 4.99 Å². The molecule has 0 radical (unpaired) electrons. The lowest BCUT2D eigenvalue weighted by molar-refractivity contribution is 0.680. The highest BCUT2D eigenvalue weighted by Gasteiger charge is 2.21. The third-order valence-corrected chi connectivity index (χ3v) is 3.46. The summed E-state index contributed by atoms with van der Waals surface area (Å²) in [6.45, 7) is 2.06. The van der Waals surface area contributed by atoms with Gasteiger partial charge in [-0.25, -0.2) is 0 Å².